The molecule has 1 aliphatic carbocycles. The van der Waals surface area contributed by atoms with Crippen LogP contribution in [0.25, 0.3) is 0 Å². The average Bonchev–Trinajstić information content (AvgIpc) is 2.71. The van der Waals surface area contributed by atoms with E-state index in [4.69, 9.17) is 0 Å². The van der Waals surface area contributed by atoms with E-state index in [-0.39, 0.29) is 5.92 Å². The van der Waals surface area contributed by atoms with E-state index in [2.05, 4.69) is 0 Å². The Balaban J connectivity index is 1.96. The molecule has 0 aromatic rings. The summed E-state index contributed by atoms with van der Waals surface area (Å²) in [6, 6.07) is 0. The van der Waals surface area contributed by atoms with Gasteiger partial charge in [0.25, 0.3) is 0 Å². The molecule has 11 heavy (non-hydrogen) atoms. The van der Waals surface area contributed by atoms with Crippen LogP contribution in [0.3, 0.4) is 0 Å². The van der Waals surface area contributed by atoms with Crippen molar-refractivity contribution >= 4 is 5.78 Å². The molecule has 1 saturated carbocycles. The predicted octanol–water partition coefficient (Wildman–Crippen LogP) is 2.79. The van der Waals surface area contributed by atoms with Gasteiger partial charge < -0.3 is 0 Å². The summed E-state index contributed by atoms with van der Waals surface area (Å²) in [5, 5.41) is 0. The first kappa shape index (κ1) is 8.76. The van der Waals surface area contributed by atoms with E-state index in [1.807, 2.05) is 13.8 Å². The van der Waals surface area contributed by atoms with Gasteiger partial charge in [0.15, 0.2) is 0 Å². The fourth-order valence-corrected chi connectivity index (χ4v) is 1.26. The number of hydrogen-bond donors (Lipinski definition) is 0. The van der Waals surface area contributed by atoms with Gasteiger partial charge in [-0.15, -0.1) is 0 Å². The molecule has 1 nitrogen and oxygen atoms in total. The van der Waals surface area contributed by atoms with Crippen molar-refractivity contribution in [1.29, 1.82) is 0 Å². The van der Waals surface area contributed by atoms with Crippen molar-refractivity contribution in [3.63, 3.8) is 0 Å². The minimum Gasteiger partial charge on any atom is -0.299 e. The van der Waals surface area contributed by atoms with Gasteiger partial charge in [0.1, 0.15) is 5.78 Å². The zero-order valence-corrected chi connectivity index (χ0v) is 7.60. The maximum absolute atomic E-state index is 11.1. The van der Waals surface area contributed by atoms with Crippen LogP contribution in [-0.4, -0.2) is 5.78 Å². The smallest absolute Gasteiger partial charge is 0.135 e. The van der Waals surface area contributed by atoms with E-state index in [9.17, 15) is 4.79 Å². The summed E-state index contributed by atoms with van der Waals surface area (Å²) < 4.78 is 0. The Morgan fingerprint density at radius 3 is 2.55 bits per heavy atom. The molecule has 0 unspecified atom stereocenters. The normalized spacial score (nSPS) is 17.4. The van der Waals surface area contributed by atoms with Gasteiger partial charge in [0.05, 0.1) is 0 Å². The number of ketones is 1. The fourth-order valence-electron chi connectivity index (χ4n) is 1.26. The summed E-state index contributed by atoms with van der Waals surface area (Å²) in [5.74, 6) is 1.66. The third-order valence-corrected chi connectivity index (χ3v) is 2.38. The highest BCUT2D eigenvalue weighted by atomic mass is 16.1. The van der Waals surface area contributed by atoms with Crippen molar-refractivity contribution in [1.82, 2.24) is 0 Å². The van der Waals surface area contributed by atoms with Crippen molar-refractivity contribution in [2.24, 2.45) is 11.8 Å². The molecule has 0 N–H and O–H groups in total. The molecule has 0 aromatic carbocycles. The SMILES string of the molecule is CC(C)C(=O)CCCC1CC1. The van der Waals surface area contributed by atoms with Crippen LogP contribution in [0.15, 0.2) is 0 Å². The number of carbonyl (C=O) groups excluding carboxylic acids is 1. The highest BCUT2D eigenvalue weighted by Crippen LogP contribution is 2.33. The maximum Gasteiger partial charge on any atom is 0.135 e. The van der Waals surface area contributed by atoms with Crippen molar-refractivity contribution in [2.45, 2.75) is 46.0 Å². The molecular weight excluding hydrogens is 136 g/mol. The molecule has 0 saturated heterocycles. The average molecular weight is 154 g/mol. The second kappa shape index (κ2) is 3.89. The van der Waals surface area contributed by atoms with E-state index in [1.165, 1.54) is 19.3 Å². The highest BCUT2D eigenvalue weighted by Gasteiger charge is 2.20. The first-order valence-corrected chi connectivity index (χ1v) is 4.73. The Hall–Kier alpha value is -0.330. The summed E-state index contributed by atoms with van der Waals surface area (Å²) in [4.78, 5) is 11.1. The summed E-state index contributed by atoms with van der Waals surface area (Å²) in [5.41, 5.74) is 0. The van der Waals surface area contributed by atoms with Crippen molar-refractivity contribution in [3.05, 3.63) is 0 Å². The molecular formula is C10H18O. The second-order valence-corrected chi connectivity index (χ2v) is 3.96. The van der Waals surface area contributed by atoms with Crippen LogP contribution in [0.4, 0.5) is 0 Å². The number of Topliss-reactive ketones (excluding diaryl/α,β-unsaturated/α-hetero) is 1. The first-order chi connectivity index (χ1) is 5.20. The summed E-state index contributed by atoms with van der Waals surface area (Å²) in [6.45, 7) is 3.97. The van der Waals surface area contributed by atoms with Crippen molar-refractivity contribution in [2.75, 3.05) is 0 Å². The van der Waals surface area contributed by atoms with Gasteiger partial charge >= 0.3 is 0 Å². The lowest BCUT2D eigenvalue weighted by Crippen LogP contribution is -2.06. The lowest BCUT2D eigenvalue weighted by atomic mass is 10.0. The second-order valence-electron chi connectivity index (χ2n) is 3.96. The van der Waals surface area contributed by atoms with Gasteiger partial charge in [-0.3, -0.25) is 4.79 Å². The molecule has 1 rings (SSSR count). The van der Waals surface area contributed by atoms with Crippen LogP contribution in [0, 0.1) is 11.8 Å². The fraction of sp³-hybridized carbons (Fsp3) is 0.900. The standard InChI is InChI=1S/C10H18O/c1-8(2)10(11)5-3-4-9-6-7-9/h8-9H,3-7H2,1-2H3. The Labute approximate surface area is 69.2 Å². The van der Waals surface area contributed by atoms with E-state index < -0.39 is 0 Å². The largest absolute Gasteiger partial charge is 0.299 e. The quantitative estimate of drug-likeness (QED) is 0.595. The summed E-state index contributed by atoms with van der Waals surface area (Å²) in [7, 11) is 0. The van der Waals surface area contributed by atoms with Gasteiger partial charge in [0, 0.05) is 12.3 Å². The molecule has 0 radical (unpaired) electrons. The van der Waals surface area contributed by atoms with Gasteiger partial charge in [0.2, 0.25) is 0 Å². The maximum atomic E-state index is 11.1. The molecule has 0 bridgehead atoms. The monoisotopic (exact) mass is 154 g/mol. The van der Waals surface area contributed by atoms with E-state index in [0.717, 1.165) is 18.8 Å². The highest BCUT2D eigenvalue weighted by molar-refractivity contribution is 5.80. The summed E-state index contributed by atoms with van der Waals surface area (Å²) >= 11 is 0. The van der Waals surface area contributed by atoms with Gasteiger partial charge in [-0.05, 0) is 12.3 Å². The van der Waals surface area contributed by atoms with Crippen molar-refractivity contribution < 1.29 is 4.79 Å². The van der Waals surface area contributed by atoms with E-state index in [0.29, 0.717) is 5.78 Å². The molecule has 1 aliphatic rings. The Morgan fingerprint density at radius 2 is 2.09 bits per heavy atom. The van der Waals surface area contributed by atoms with Crippen LogP contribution in [0.1, 0.15) is 46.0 Å². The number of rotatable bonds is 5. The molecule has 0 heterocycles. The topological polar surface area (TPSA) is 17.1 Å². The lowest BCUT2D eigenvalue weighted by molar-refractivity contribution is -0.122. The molecule has 1 fully saturated rings. The third kappa shape index (κ3) is 3.54. The molecule has 0 aliphatic heterocycles. The third-order valence-electron chi connectivity index (χ3n) is 2.38. The number of carbonyl (C=O) groups is 1. The molecule has 0 spiro atoms. The predicted molar refractivity (Wildman–Crippen MR) is 46.4 cm³/mol. The summed E-state index contributed by atoms with van der Waals surface area (Å²) in [6.07, 6.45) is 6.06. The van der Waals surface area contributed by atoms with Crippen LogP contribution in [0.2, 0.25) is 0 Å². The van der Waals surface area contributed by atoms with Gasteiger partial charge in [-0.25, -0.2) is 0 Å². The van der Waals surface area contributed by atoms with Crippen LogP contribution < -0.4 is 0 Å². The minimum atomic E-state index is 0.245. The zero-order chi connectivity index (χ0) is 8.27. The Kier molecular flexibility index (Phi) is 3.10. The Bertz CT molecular complexity index is 134. The van der Waals surface area contributed by atoms with Crippen LogP contribution in [-0.2, 0) is 4.79 Å². The molecule has 1 heteroatoms. The van der Waals surface area contributed by atoms with Gasteiger partial charge in [-0.2, -0.15) is 0 Å². The lowest BCUT2D eigenvalue weighted by Gasteiger charge is -2.02. The van der Waals surface area contributed by atoms with Crippen LogP contribution in [0.5, 0.6) is 0 Å². The van der Waals surface area contributed by atoms with Crippen LogP contribution >= 0.6 is 0 Å². The van der Waals surface area contributed by atoms with Crippen molar-refractivity contribution in [3.8, 4) is 0 Å². The molecule has 0 aromatic heterocycles. The number of hydrogen-bond acceptors (Lipinski definition) is 1. The molecule has 0 amide bonds. The van der Waals surface area contributed by atoms with Gasteiger partial charge in [-0.1, -0.05) is 33.1 Å². The zero-order valence-electron chi connectivity index (χ0n) is 7.60. The van der Waals surface area contributed by atoms with E-state index in [1.54, 1.807) is 0 Å². The minimum absolute atomic E-state index is 0.245. The molecule has 64 valence electrons. The van der Waals surface area contributed by atoms with E-state index >= 15 is 0 Å². The first-order valence-electron chi connectivity index (χ1n) is 4.73. The molecule has 0 atom stereocenters. The Morgan fingerprint density at radius 1 is 1.45 bits per heavy atom.